The fraction of sp³-hybridized carbons (Fsp3) is 0.400. The first kappa shape index (κ1) is 17.8. The quantitative estimate of drug-likeness (QED) is 0.691. The van der Waals surface area contributed by atoms with Crippen molar-refractivity contribution in [3.05, 3.63) is 54.2 Å². The number of nitrogens with zero attached hydrogens (tertiary/aromatic N) is 1. The van der Waals surface area contributed by atoms with Crippen LogP contribution in [0.1, 0.15) is 42.5 Å². The van der Waals surface area contributed by atoms with Gasteiger partial charge in [0.05, 0.1) is 5.56 Å². The lowest BCUT2D eigenvalue weighted by molar-refractivity contribution is 0.0950. The Balaban J connectivity index is 1.44. The molecule has 0 spiro atoms. The molecule has 0 bridgehead atoms. The van der Waals surface area contributed by atoms with Crippen LogP contribution in [-0.2, 0) is 0 Å². The van der Waals surface area contributed by atoms with Crippen molar-refractivity contribution < 1.29 is 4.79 Å². The van der Waals surface area contributed by atoms with Crippen LogP contribution in [0.25, 0.3) is 0 Å². The minimum atomic E-state index is -0.0201. The van der Waals surface area contributed by atoms with E-state index in [4.69, 9.17) is 0 Å². The summed E-state index contributed by atoms with van der Waals surface area (Å²) in [5.74, 6) is -0.0201. The van der Waals surface area contributed by atoms with Crippen molar-refractivity contribution in [1.82, 2.24) is 10.3 Å². The van der Waals surface area contributed by atoms with Gasteiger partial charge in [0.1, 0.15) is 5.03 Å². The highest BCUT2D eigenvalue weighted by atomic mass is 32.2. The van der Waals surface area contributed by atoms with Gasteiger partial charge in [-0.15, -0.1) is 11.8 Å². The van der Waals surface area contributed by atoms with Gasteiger partial charge >= 0.3 is 0 Å². The number of carbonyl (C=O) groups excluding carboxylic acids is 1. The number of thioether (sulfide) groups is 1. The fourth-order valence-corrected chi connectivity index (χ4v) is 4.29. The van der Waals surface area contributed by atoms with Crippen LogP contribution in [0.4, 0.5) is 5.69 Å². The third-order valence-corrected chi connectivity index (χ3v) is 5.69. The minimum Gasteiger partial charge on any atom is -0.385 e. The number of benzene rings is 1. The molecule has 1 amide bonds. The van der Waals surface area contributed by atoms with Crippen LogP contribution in [-0.4, -0.2) is 29.2 Å². The highest BCUT2D eigenvalue weighted by molar-refractivity contribution is 7.99. The van der Waals surface area contributed by atoms with Crippen LogP contribution >= 0.6 is 11.8 Å². The van der Waals surface area contributed by atoms with E-state index in [1.54, 1.807) is 18.0 Å². The molecule has 0 radical (unpaired) electrons. The van der Waals surface area contributed by atoms with E-state index in [9.17, 15) is 4.79 Å². The normalized spacial score (nSPS) is 14.4. The summed E-state index contributed by atoms with van der Waals surface area (Å²) in [6, 6.07) is 13.8. The van der Waals surface area contributed by atoms with Crippen molar-refractivity contribution in [2.24, 2.45) is 0 Å². The summed E-state index contributed by atoms with van der Waals surface area (Å²) < 4.78 is 0. The average molecular weight is 356 g/mol. The molecule has 1 heterocycles. The zero-order valence-corrected chi connectivity index (χ0v) is 15.2. The van der Waals surface area contributed by atoms with Crippen molar-refractivity contribution in [3.63, 3.8) is 0 Å². The molecule has 1 aromatic heterocycles. The van der Waals surface area contributed by atoms with Crippen molar-refractivity contribution in [1.29, 1.82) is 0 Å². The molecule has 1 fully saturated rings. The molecule has 1 saturated carbocycles. The maximum atomic E-state index is 12.5. The number of amides is 1. The topological polar surface area (TPSA) is 54.0 Å². The van der Waals surface area contributed by atoms with E-state index in [0.717, 1.165) is 23.7 Å². The lowest BCUT2D eigenvalue weighted by Crippen LogP contribution is -2.26. The number of nitrogens with one attached hydrogen (secondary N) is 2. The van der Waals surface area contributed by atoms with Gasteiger partial charge in [0.25, 0.3) is 5.91 Å². The van der Waals surface area contributed by atoms with E-state index < -0.39 is 0 Å². The Morgan fingerprint density at radius 3 is 2.68 bits per heavy atom. The van der Waals surface area contributed by atoms with E-state index in [-0.39, 0.29) is 5.91 Å². The summed E-state index contributed by atoms with van der Waals surface area (Å²) in [4.78, 5) is 16.9. The minimum absolute atomic E-state index is 0.0201. The first-order valence-electron chi connectivity index (χ1n) is 9.02. The van der Waals surface area contributed by atoms with E-state index in [1.165, 1.54) is 25.7 Å². The Bertz CT molecular complexity index is 672. The van der Waals surface area contributed by atoms with Crippen LogP contribution in [0.2, 0.25) is 0 Å². The molecule has 2 aromatic rings. The SMILES string of the molecule is O=C(NCCCNc1ccccc1)c1cccnc1SC1CCCC1. The Hall–Kier alpha value is -2.01. The molecule has 0 atom stereocenters. The highest BCUT2D eigenvalue weighted by Gasteiger charge is 2.20. The average Bonchev–Trinajstić information content (AvgIpc) is 3.16. The number of anilines is 1. The summed E-state index contributed by atoms with van der Waals surface area (Å²) in [6.45, 7) is 1.49. The summed E-state index contributed by atoms with van der Waals surface area (Å²) in [7, 11) is 0. The van der Waals surface area contributed by atoms with Gasteiger partial charge in [-0.1, -0.05) is 31.0 Å². The maximum absolute atomic E-state index is 12.5. The Labute approximate surface area is 153 Å². The standard InChI is InChI=1S/C20H25N3OS/c24-19(22-15-7-14-21-16-8-2-1-3-9-16)18-12-6-13-23-20(18)25-17-10-4-5-11-17/h1-3,6,8-9,12-13,17,21H,4-5,7,10-11,14-15H2,(H,22,24). The van der Waals surface area contributed by atoms with Gasteiger partial charge in [0.2, 0.25) is 0 Å². The predicted octanol–water partition coefficient (Wildman–Crippen LogP) is 4.35. The molecule has 3 rings (SSSR count). The van der Waals surface area contributed by atoms with Crippen molar-refractivity contribution in [2.75, 3.05) is 18.4 Å². The first-order valence-corrected chi connectivity index (χ1v) is 9.90. The van der Waals surface area contributed by atoms with Gasteiger partial charge in [-0.25, -0.2) is 4.98 Å². The molecule has 0 aliphatic heterocycles. The molecule has 1 aliphatic rings. The second kappa shape index (κ2) is 9.47. The summed E-state index contributed by atoms with van der Waals surface area (Å²) in [5.41, 5.74) is 1.81. The summed E-state index contributed by atoms with van der Waals surface area (Å²) in [6.07, 6.45) is 7.70. The first-order chi connectivity index (χ1) is 12.3. The fourth-order valence-electron chi connectivity index (χ4n) is 3.00. The molecule has 2 N–H and O–H groups in total. The predicted molar refractivity (Wildman–Crippen MR) is 104 cm³/mol. The zero-order valence-electron chi connectivity index (χ0n) is 14.4. The molecule has 5 heteroatoms. The second-order valence-electron chi connectivity index (χ2n) is 6.28. The van der Waals surface area contributed by atoms with Gasteiger partial charge in [-0.3, -0.25) is 4.79 Å². The molecular weight excluding hydrogens is 330 g/mol. The largest absolute Gasteiger partial charge is 0.385 e. The maximum Gasteiger partial charge on any atom is 0.254 e. The number of hydrogen-bond acceptors (Lipinski definition) is 4. The van der Waals surface area contributed by atoms with E-state index in [0.29, 0.717) is 17.4 Å². The van der Waals surface area contributed by atoms with Crippen LogP contribution in [0.3, 0.4) is 0 Å². The Morgan fingerprint density at radius 2 is 1.88 bits per heavy atom. The van der Waals surface area contributed by atoms with Gasteiger partial charge in [0.15, 0.2) is 0 Å². The molecule has 25 heavy (non-hydrogen) atoms. The lowest BCUT2D eigenvalue weighted by Gasteiger charge is -2.12. The Kier molecular flexibility index (Phi) is 6.74. The van der Waals surface area contributed by atoms with E-state index >= 15 is 0 Å². The van der Waals surface area contributed by atoms with Crippen molar-refractivity contribution >= 4 is 23.4 Å². The van der Waals surface area contributed by atoms with E-state index in [1.807, 2.05) is 42.5 Å². The monoisotopic (exact) mass is 355 g/mol. The summed E-state index contributed by atoms with van der Waals surface area (Å²) >= 11 is 1.76. The number of pyridine rings is 1. The molecule has 1 aliphatic carbocycles. The van der Waals surface area contributed by atoms with Crippen molar-refractivity contribution in [2.45, 2.75) is 42.4 Å². The number of carbonyl (C=O) groups is 1. The second-order valence-corrected chi connectivity index (χ2v) is 7.57. The number of hydrogen-bond donors (Lipinski definition) is 2. The lowest BCUT2D eigenvalue weighted by atomic mass is 10.2. The third-order valence-electron chi connectivity index (χ3n) is 4.34. The van der Waals surface area contributed by atoms with Crippen LogP contribution in [0, 0.1) is 0 Å². The van der Waals surface area contributed by atoms with Crippen LogP contribution in [0.5, 0.6) is 0 Å². The van der Waals surface area contributed by atoms with E-state index in [2.05, 4.69) is 15.6 Å². The Morgan fingerprint density at radius 1 is 1.08 bits per heavy atom. The molecule has 0 saturated heterocycles. The molecule has 1 aromatic carbocycles. The number of rotatable bonds is 8. The molecule has 0 unspecified atom stereocenters. The molecular formula is C20H25N3OS. The molecule has 4 nitrogen and oxygen atoms in total. The third kappa shape index (κ3) is 5.49. The van der Waals surface area contributed by atoms with Crippen LogP contribution in [0.15, 0.2) is 53.7 Å². The molecule has 132 valence electrons. The zero-order chi connectivity index (χ0) is 17.3. The van der Waals surface area contributed by atoms with Gasteiger partial charge in [-0.05, 0) is 43.5 Å². The number of para-hydroxylation sites is 1. The smallest absolute Gasteiger partial charge is 0.254 e. The number of aromatic nitrogens is 1. The van der Waals surface area contributed by atoms with Crippen molar-refractivity contribution in [3.8, 4) is 0 Å². The summed E-state index contributed by atoms with van der Waals surface area (Å²) in [5, 5.41) is 7.85. The highest BCUT2D eigenvalue weighted by Crippen LogP contribution is 2.35. The van der Waals surface area contributed by atoms with Gasteiger partial charge in [-0.2, -0.15) is 0 Å². The van der Waals surface area contributed by atoms with Crippen LogP contribution < -0.4 is 10.6 Å². The van der Waals surface area contributed by atoms with Gasteiger partial charge in [0, 0.05) is 30.2 Å². The van der Waals surface area contributed by atoms with Gasteiger partial charge < -0.3 is 10.6 Å².